The van der Waals surface area contributed by atoms with Crippen molar-refractivity contribution in [1.29, 1.82) is 0 Å². The molecule has 1 fully saturated rings. The van der Waals surface area contributed by atoms with Gasteiger partial charge in [0.2, 0.25) is 0 Å². The van der Waals surface area contributed by atoms with Gasteiger partial charge in [0.1, 0.15) is 5.54 Å². The standard InChI is InChI=1S/C13H14ClNO3/c1-8-7-9(14)3-4-10(8)11(16)15-13(12(17)18)5-2-6-13/h3-4,7H,2,5-6H2,1H3,(H,15,16)(H,17,18). The van der Waals surface area contributed by atoms with E-state index in [4.69, 9.17) is 16.7 Å². The molecule has 0 spiro atoms. The van der Waals surface area contributed by atoms with E-state index in [1.165, 1.54) is 0 Å². The van der Waals surface area contributed by atoms with Crippen LogP contribution in [0.15, 0.2) is 18.2 Å². The van der Waals surface area contributed by atoms with E-state index in [-0.39, 0.29) is 5.91 Å². The van der Waals surface area contributed by atoms with Gasteiger partial charge >= 0.3 is 5.97 Å². The second-order valence-corrected chi connectivity index (χ2v) is 5.09. The maximum absolute atomic E-state index is 12.1. The molecule has 0 bridgehead atoms. The Bertz CT molecular complexity index is 509. The summed E-state index contributed by atoms with van der Waals surface area (Å²) in [4.78, 5) is 23.2. The lowest BCUT2D eigenvalue weighted by molar-refractivity contribution is -0.148. The molecule has 2 rings (SSSR count). The fraction of sp³-hybridized carbons (Fsp3) is 0.385. The highest BCUT2D eigenvalue weighted by molar-refractivity contribution is 6.30. The smallest absolute Gasteiger partial charge is 0.329 e. The molecule has 5 heteroatoms. The number of nitrogens with one attached hydrogen (secondary N) is 1. The fourth-order valence-electron chi connectivity index (χ4n) is 2.09. The highest BCUT2D eigenvalue weighted by atomic mass is 35.5. The summed E-state index contributed by atoms with van der Waals surface area (Å²) in [7, 11) is 0. The molecule has 1 aliphatic carbocycles. The average molecular weight is 268 g/mol. The van der Waals surface area contributed by atoms with Gasteiger partial charge < -0.3 is 10.4 Å². The van der Waals surface area contributed by atoms with E-state index in [1.54, 1.807) is 25.1 Å². The summed E-state index contributed by atoms with van der Waals surface area (Å²) in [6.45, 7) is 1.77. The Morgan fingerprint density at radius 1 is 1.39 bits per heavy atom. The van der Waals surface area contributed by atoms with Crippen LogP contribution in [0.2, 0.25) is 5.02 Å². The molecule has 0 aliphatic heterocycles. The first kappa shape index (κ1) is 12.9. The first-order valence-corrected chi connectivity index (χ1v) is 6.14. The minimum absolute atomic E-state index is 0.355. The zero-order valence-electron chi connectivity index (χ0n) is 10.00. The van der Waals surface area contributed by atoms with E-state index >= 15 is 0 Å². The molecule has 1 amide bonds. The maximum atomic E-state index is 12.1. The summed E-state index contributed by atoms with van der Waals surface area (Å²) in [5.74, 6) is -1.32. The monoisotopic (exact) mass is 267 g/mol. The topological polar surface area (TPSA) is 66.4 Å². The van der Waals surface area contributed by atoms with Crippen LogP contribution < -0.4 is 5.32 Å². The van der Waals surface area contributed by atoms with Crippen LogP contribution in [0.4, 0.5) is 0 Å². The van der Waals surface area contributed by atoms with Crippen LogP contribution >= 0.6 is 11.6 Å². The number of amides is 1. The van der Waals surface area contributed by atoms with Gasteiger partial charge in [-0.05, 0) is 49.9 Å². The summed E-state index contributed by atoms with van der Waals surface area (Å²) in [5.41, 5.74) is 0.121. The van der Waals surface area contributed by atoms with Crippen LogP contribution in [0.3, 0.4) is 0 Å². The lowest BCUT2D eigenvalue weighted by Gasteiger charge is -2.38. The fourth-order valence-corrected chi connectivity index (χ4v) is 2.32. The third-order valence-corrected chi connectivity index (χ3v) is 3.64. The maximum Gasteiger partial charge on any atom is 0.329 e. The second kappa shape index (κ2) is 4.61. The summed E-state index contributed by atoms with van der Waals surface area (Å²) in [6.07, 6.45) is 1.80. The largest absolute Gasteiger partial charge is 0.480 e. The van der Waals surface area contributed by atoms with Gasteiger partial charge in [-0.15, -0.1) is 0 Å². The number of benzene rings is 1. The molecular weight excluding hydrogens is 254 g/mol. The van der Waals surface area contributed by atoms with Gasteiger partial charge in [0, 0.05) is 10.6 Å². The number of carboxylic acid groups (broad SMARTS) is 1. The molecule has 2 N–H and O–H groups in total. The Morgan fingerprint density at radius 3 is 2.50 bits per heavy atom. The molecule has 0 radical (unpaired) electrons. The normalized spacial score (nSPS) is 16.8. The summed E-state index contributed by atoms with van der Waals surface area (Å²) >= 11 is 5.82. The van der Waals surface area contributed by atoms with Crippen LogP contribution in [-0.4, -0.2) is 22.5 Å². The number of carbonyl (C=O) groups is 2. The van der Waals surface area contributed by atoms with E-state index < -0.39 is 11.5 Å². The van der Waals surface area contributed by atoms with Crippen molar-refractivity contribution in [2.24, 2.45) is 0 Å². The van der Waals surface area contributed by atoms with Gasteiger partial charge in [0.15, 0.2) is 0 Å². The van der Waals surface area contributed by atoms with Crippen molar-refractivity contribution < 1.29 is 14.7 Å². The van der Waals surface area contributed by atoms with Gasteiger partial charge in [-0.25, -0.2) is 4.79 Å². The van der Waals surface area contributed by atoms with E-state index in [9.17, 15) is 9.59 Å². The lowest BCUT2D eigenvalue weighted by Crippen LogP contribution is -2.59. The summed E-state index contributed by atoms with van der Waals surface area (Å²) < 4.78 is 0. The molecule has 0 saturated heterocycles. The van der Waals surface area contributed by atoms with Crippen molar-refractivity contribution in [3.8, 4) is 0 Å². The Kier molecular flexibility index (Phi) is 3.30. The van der Waals surface area contributed by atoms with E-state index in [2.05, 4.69) is 5.32 Å². The molecule has 0 aromatic heterocycles. The minimum Gasteiger partial charge on any atom is -0.480 e. The van der Waals surface area contributed by atoms with Crippen molar-refractivity contribution in [2.75, 3.05) is 0 Å². The zero-order valence-corrected chi connectivity index (χ0v) is 10.8. The van der Waals surface area contributed by atoms with E-state index in [0.29, 0.717) is 23.4 Å². The predicted octanol–water partition coefficient (Wildman–Crippen LogP) is 2.39. The molecule has 0 unspecified atom stereocenters. The Balaban J connectivity index is 2.19. The Morgan fingerprint density at radius 2 is 2.06 bits per heavy atom. The molecule has 0 heterocycles. The minimum atomic E-state index is -1.08. The molecule has 96 valence electrons. The lowest BCUT2D eigenvalue weighted by atomic mass is 9.76. The summed E-state index contributed by atoms with van der Waals surface area (Å²) in [6, 6.07) is 4.92. The third-order valence-electron chi connectivity index (χ3n) is 3.40. The Labute approximate surface area is 110 Å². The number of carboxylic acids is 1. The second-order valence-electron chi connectivity index (χ2n) is 4.65. The zero-order chi connectivity index (χ0) is 13.3. The first-order chi connectivity index (χ1) is 8.44. The molecule has 0 atom stereocenters. The third kappa shape index (κ3) is 2.20. The first-order valence-electron chi connectivity index (χ1n) is 5.77. The van der Waals surface area contributed by atoms with Crippen LogP contribution in [0.25, 0.3) is 0 Å². The molecule has 1 aromatic rings. The van der Waals surface area contributed by atoms with E-state index in [1.807, 2.05) is 0 Å². The molecule has 1 aliphatic rings. The van der Waals surface area contributed by atoms with E-state index in [0.717, 1.165) is 12.0 Å². The number of hydrogen-bond acceptors (Lipinski definition) is 2. The van der Waals surface area contributed by atoms with Crippen LogP contribution in [0, 0.1) is 6.92 Å². The molecule has 1 aromatic carbocycles. The molecule has 4 nitrogen and oxygen atoms in total. The quantitative estimate of drug-likeness (QED) is 0.884. The predicted molar refractivity (Wildman–Crippen MR) is 67.9 cm³/mol. The number of carbonyl (C=O) groups excluding carboxylic acids is 1. The number of hydrogen-bond donors (Lipinski definition) is 2. The van der Waals surface area contributed by atoms with Crippen LogP contribution in [0.5, 0.6) is 0 Å². The van der Waals surface area contributed by atoms with Gasteiger partial charge in [0.05, 0.1) is 0 Å². The average Bonchev–Trinajstić information content (AvgIpc) is 2.22. The van der Waals surface area contributed by atoms with Crippen LogP contribution in [-0.2, 0) is 4.79 Å². The highest BCUT2D eigenvalue weighted by Crippen LogP contribution is 2.32. The highest BCUT2D eigenvalue weighted by Gasteiger charge is 2.45. The van der Waals surface area contributed by atoms with Crippen molar-refractivity contribution in [3.63, 3.8) is 0 Å². The molecule has 18 heavy (non-hydrogen) atoms. The molecular formula is C13H14ClNO3. The van der Waals surface area contributed by atoms with Crippen LogP contribution in [0.1, 0.15) is 35.2 Å². The molecule has 1 saturated carbocycles. The summed E-state index contributed by atoms with van der Waals surface area (Å²) in [5, 5.41) is 12.3. The number of halogens is 1. The van der Waals surface area contributed by atoms with Crippen molar-refractivity contribution in [1.82, 2.24) is 5.32 Å². The van der Waals surface area contributed by atoms with Gasteiger partial charge in [0.25, 0.3) is 5.91 Å². The van der Waals surface area contributed by atoms with Gasteiger partial charge in [-0.1, -0.05) is 11.6 Å². The van der Waals surface area contributed by atoms with Crippen molar-refractivity contribution >= 4 is 23.5 Å². The SMILES string of the molecule is Cc1cc(Cl)ccc1C(=O)NC1(C(=O)O)CCC1. The Hall–Kier alpha value is -1.55. The number of aliphatic carboxylic acids is 1. The van der Waals surface area contributed by atoms with Crippen molar-refractivity contribution in [2.45, 2.75) is 31.7 Å². The van der Waals surface area contributed by atoms with Gasteiger partial charge in [-0.2, -0.15) is 0 Å². The number of rotatable bonds is 3. The van der Waals surface area contributed by atoms with Gasteiger partial charge in [-0.3, -0.25) is 4.79 Å². The van der Waals surface area contributed by atoms with Crippen molar-refractivity contribution in [3.05, 3.63) is 34.3 Å². The number of aryl methyl sites for hydroxylation is 1.